The molecule has 7 nitrogen and oxygen atoms in total. The van der Waals surface area contributed by atoms with Crippen LogP contribution in [0, 0.1) is 0 Å². The molecule has 1 aliphatic heterocycles. The molecule has 0 radical (unpaired) electrons. The van der Waals surface area contributed by atoms with E-state index in [0.29, 0.717) is 29.4 Å². The first kappa shape index (κ1) is 23.5. The maximum absolute atomic E-state index is 12.8. The largest absolute Gasteiger partial charge is 0.349 e. The molecule has 2 amide bonds. The monoisotopic (exact) mass is 485 g/mol. The van der Waals surface area contributed by atoms with Crippen LogP contribution in [0.1, 0.15) is 42.1 Å². The fraction of sp³-hybridized carbons (Fsp3) is 0.375. The summed E-state index contributed by atoms with van der Waals surface area (Å²) in [6.45, 7) is 5.15. The van der Waals surface area contributed by atoms with Crippen LogP contribution in [-0.4, -0.2) is 48.0 Å². The van der Waals surface area contributed by atoms with Gasteiger partial charge in [-0.2, -0.15) is 0 Å². The Balaban J connectivity index is 1.30. The second-order valence-corrected chi connectivity index (χ2v) is 9.41. The van der Waals surface area contributed by atoms with Crippen LogP contribution in [0.5, 0.6) is 0 Å². The van der Waals surface area contributed by atoms with Gasteiger partial charge >= 0.3 is 0 Å². The van der Waals surface area contributed by atoms with Gasteiger partial charge in [0.05, 0.1) is 27.6 Å². The molecule has 1 aromatic heterocycles. The molecule has 0 saturated carbocycles. The van der Waals surface area contributed by atoms with Crippen molar-refractivity contribution < 1.29 is 9.59 Å². The summed E-state index contributed by atoms with van der Waals surface area (Å²) >= 11 is 7.81. The minimum Gasteiger partial charge on any atom is -0.349 e. The number of anilines is 2. The van der Waals surface area contributed by atoms with Crippen molar-refractivity contribution in [1.29, 1.82) is 0 Å². The minimum absolute atomic E-state index is 0.194. The number of para-hydroxylation sites is 1. The topological polar surface area (TPSA) is 86.4 Å². The normalized spacial score (nSPS) is 13.6. The smallest absolute Gasteiger partial charge is 0.255 e. The molecule has 0 unspecified atom stereocenters. The number of benzene rings is 2. The van der Waals surface area contributed by atoms with Gasteiger partial charge in [0.25, 0.3) is 5.91 Å². The standard InChI is InChI=1S/C24H28ClN5O2S/c1-2-16-6-3-7-18(25)22(16)29-23(32)17-9-10-19-20(14-17)33-24(28-19)27-15-26-11-5-13-30-12-4-8-21(30)31/h3,6-7,9-10,14,26H,2,4-5,8,11-13,15H2,1H3,(H,27,28)(H,29,32). The second-order valence-electron chi connectivity index (χ2n) is 7.97. The summed E-state index contributed by atoms with van der Waals surface area (Å²) in [5.41, 5.74) is 3.08. The molecule has 33 heavy (non-hydrogen) atoms. The van der Waals surface area contributed by atoms with Crippen LogP contribution in [0.4, 0.5) is 10.8 Å². The SMILES string of the molecule is CCc1cccc(Cl)c1NC(=O)c1ccc2nc(NCNCCCN3CCCC3=O)sc2c1. The number of halogens is 1. The minimum atomic E-state index is -0.194. The first-order chi connectivity index (χ1) is 16.0. The number of carbonyl (C=O) groups is 2. The van der Waals surface area contributed by atoms with E-state index < -0.39 is 0 Å². The Morgan fingerprint density at radius 3 is 2.94 bits per heavy atom. The summed E-state index contributed by atoms with van der Waals surface area (Å²) in [5.74, 6) is 0.0779. The number of likely N-dealkylation sites (tertiary alicyclic amines) is 1. The Kier molecular flexibility index (Phi) is 7.80. The van der Waals surface area contributed by atoms with Crippen LogP contribution in [-0.2, 0) is 11.2 Å². The number of aryl methyl sites for hydroxylation is 1. The van der Waals surface area contributed by atoms with Gasteiger partial charge in [-0.05, 0) is 55.6 Å². The van der Waals surface area contributed by atoms with Crippen molar-refractivity contribution in [2.24, 2.45) is 0 Å². The third kappa shape index (κ3) is 5.82. The Bertz CT molecular complexity index is 1150. The summed E-state index contributed by atoms with van der Waals surface area (Å²) in [6, 6.07) is 11.1. The van der Waals surface area contributed by atoms with Crippen LogP contribution >= 0.6 is 22.9 Å². The van der Waals surface area contributed by atoms with Crippen molar-refractivity contribution >= 4 is 55.8 Å². The maximum atomic E-state index is 12.8. The van der Waals surface area contributed by atoms with E-state index in [1.54, 1.807) is 12.1 Å². The van der Waals surface area contributed by atoms with E-state index in [2.05, 4.69) is 20.9 Å². The molecule has 2 heterocycles. The molecule has 9 heteroatoms. The third-order valence-corrected chi connectivity index (χ3v) is 6.98. The van der Waals surface area contributed by atoms with Crippen molar-refractivity contribution in [3.05, 3.63) is 52.5 Å². The Morgan fingerprint density at radius 2 is 2.15 bits per heavy atom. The van der Waals surface area contributed by atoms with E-state index in [1.165, 1.54) is 11.3 Å². The van der Waals surface area contributed by atoms with Gasteiger partial charge in [0.15, 0.2) is 5.13 Å². The number of hydrogen-bond donors (Lipinski definition) is 3. The molecule has 0 bridgehead atoms. The molecule has 1 saturated heterocycles. The number of hydrogen-bond acceptors (Lipinski definition) is 6. The summed E-state index contributed by atoms with van der Waals surface area (Å²) < 4.78 is 0.938. The lowest BCUT2D eigenvalue weighted by Gasteiger charge is -2.15. The first-order valence-electron chi connectivity index (χ1n) is 11.3. The zero-order chi connectivity index (χ0) is 23.2. The lowest BCUT2D eigenvalue weighted by molar-refractivity contribution is -0.127. The van der Waals surface area contributed by atoms with Crippen molar-refractivity contribution in [3.8, 4) is 0 Å². The van der Waals surface area contributed by atoms with E-state index in [-0.39, 0.29) is 11.8 Å². The quantitative estimate of drug-likeness (QED) is 0.285. The van der Waals surface area contributed by atoms with Gasteiger partial charge in [0.2, 0.25) is 5.91 Å². The van der Waals surface area contributed by atoms with Gasteiger partial charge < -0.3 is 15.5 Å². The number of aromatic nitrogens is 1. The summed E-state index contributed by atoms with van der Waals surface area (Å²) in [7, 11) is 0. The highest BCUT2D eigenvalue weighted by Gasteiger charge is 2.19. The fourth-order valence-corrected chi connectivity index (χ4v) is 5.03. The molecule has 3 N–H and O–H groups in total. The van der Waals surface area contributed by atoms with Gasteiger partial charge in [-0.1, -0.05) is 42.0 Å². The zero-order valence-corrected chi connectivity index (χ0v) is 20.2. The van der Waals surface area contributed by atoms with Gasteiger partial charge in [0.1, 0.15) is 0 Å². The van der Waals surface area contributed by atoms with Crippen molar-refractivity contribution in [3.63, 3.8) is 0 Å². The van der Waals surface area contributed by atoms with Crippen molar-refractivity contribution in [1.82, 2.24) is 15.2 Å². The van der Waals surface area contributed by atoms with Gasteiger partial charge in [-0.25, -0.2) is 4.98 Å². The summed E-state index contributed by atoms with van der Waals surface area (Å²) in [5, 5.41) is 10.9. The summed E-state index contributed by atoms with van der Waals surface area (Å²) in [6.07, 6.45) is 3.38. The average Bonchev–Trinajstić information content (AvgIpc) is 3.42. The second kappa shape index (κ2) is 11.0. The maximum Gasteiger partial charge on any atom is 0.255 e. The lowest BCUT2D eigenvalue weighted by Crippen LogP contribution is -2.29. The number of amides is 2. The third-order valence-electron chi connectivity index (χ3n) is 5.69. The van der Waals surface area contributed by atoms with E-state index in [0.717, 1.165) is 59.8 Å². The number of nitrogens with zero attached hydrogens (tertiary/aromatic N) is 2. The number of rotatable bonds is 10. The molecule has 0 spiro atoms. The van der Waals surface area contributed by atoms with Crippen LogP contribution in [0.2, 0.25) is 5.02 Å². The number of thiazole rings is 1. The van der Waals surface area contributed by atoms with Crippen LogP contribution < -0.4 is 16.0 Å². The van der Waals surface area contributed by atoms with Gasteiger partial charge in [0, 0.05) is 25.1 Å². The van der Waals surface area contributed by atoms with E-state index >= 15 is 0 Å². The Labute approximate surface area is 202 Å². The molecular formula is C24H28ClN5O2S. The highest BCUT2D eigenvalue weighted by atomic mass is 35.5. The van der Waals surface area contributed by atoms with Crippen LogP contribution in [0.3, 0.4) is 0 Å². The van der Waals surface area contributed by atoms with Crippen LogP contribution in [0.25, 0.3) is 10.2 Å². The highest BCUT2D eigenvalue weighted by Crippen LogP contribution is 2.29. The van der Waals surface area contributed by atoms with Crippen LogP contribution in [0.15, 0.2) is 36.4 Å². The molecule has 0 aliphatic carbocycles. The average molecular weight is 486 g/mol. The Morgan fingerprint density at radius 1 is 1.27 bits per heavy atom. The number of nitrogens with one attached hydrogen (secondary N) is 3. The predicted octanol–water partition coefficient (Wildman–Crippen LogP) is 4.74. The van der Waals surface area contributed by atoms with E-state index in [4.69, 9.17) is 11.6 Å². The predicted molar refractivity (Wildman–Crippen MR) is 135 cm³/mol. The van der Waals surface area contributed by atoms with Crippen molar-refractivity contribution in [2.75, 3.05) is 36.9 Å². The van der Waals surface area contributed by atoms with Gasteiger partial charge in [-0.3, -0.25) is 14.9 Å². The first-order valence-corrected chi connectivity index (χ1v) is 12.5. The Hall–Kier alpha value is -2.68. The number of fused-ring (bicyclic) bond motifs is 1. The molecule has 0 atom stereocenters. The molecule has 174 valence electrons. The molecular weight excluding hydrogens is 458 g/mol. The highest BCUT2D eigenvalue weighted by molar-refractivity contribution is 7.22. The number of carbonyl (C=O) groups excluding carboxylic acids is 2. The molecule has 4 rings (SSSR count). The lowest BCUT2D eigenvalue weighted by atomic mass is 10.1. The zero-order valence-electron chi connectivity index (χ0n) is 18.6. The van der Waals surface area contributed by atoms with E-state index in [9.17, 15) is 9.59 Å². The van der Waals surface area contributed by atoms with E-state index in [1.807, 2.05) is 36.1 Å². The molecule has 1 aliphatic rings. The fourth-order valence-electron chi connectivity index (χ4n) is 3.89. The molecule has 1 fully saturated rings. The van der Waals surface area contributed by atoms with Gasteiger partial charge in [-0.15, -0.1) is 0 Å². The van der Waals surface area contributed by atoms with Crippen molar-refractivity contribution in [2.45, 2.75) is 32.6 Å². The summed E-state index contributed by atoms with van der Waals surface area (Å²) in [4.78, 5) is 31.0. The molecule has 2 aromatic carbocycles. The molecule has 3 aromatic rings.